The van der Waals surface area contributed by atoms with Crippen LogP contribution in [0.1, 0.15) is 16.1 Å². The number of nitrogen functional groups attached to an aromatic ring is 1. The maximum absolute atomic E-state index is 11.9. The number of nitrogens with two attached hydrogens (primary N) is 1. The molecule has 6 nitrogen and oxygen atoms in total. The van der Waals surface area contributed by atoms with Crippen LogP contribution in [0.25, 0.3) is 0 Å². The predicted molar refractivity (Wildman–Crippen MR) is 75.6 cm³/mol. The molecule has 0 saturated heterocycles. The normalized spacial score (nSPS) is 11.8. The summed E-state index contributed by atoms with van der Waals surface area (Å²) in [7, 11) is 0. The summed E-state index contributed by atoms with van der Waals surface area (Å²) in [4.78, 5) is 26.9. The van der Waals surface area contributed by atoms with Crippen molar-refractivity contribution in [2.75, 3.05) is 5.73 Å². The molecule has 4 N–H and O–H groups in total. The van der Waals surface area contributed by atoms with Gasteiger partial charge in [0, 0.05) is 11.8 Å². The van der Waals surface area contributed by atoms with E-state index in [1.807, 2.05) is 30.3 Å². The lowest BCUT2D eigenvalue weighted by atomic mass is 10.1. The average Bonchev–Trinajstić information content (AvgIpc) is 2.86. The molecule has 0 spiro atoms. The number of anilines is 1. The summed E-state index contributed by atoms with van der Waals surface area (Å²) in [6.45, 7) is 0. The summed E-state index contributed by atoms with van der Waals surface area (Å²) in [6, 6.07) is 8.09. The van der Waals surface area contributed by atoms with Crippen molar-refractivity contribution in [1.82, 2.24) is 10.3 Å². The highest BCUT2D eigenvalue weighted by atomic mass is 32.1. The minimum absolute atomic E-state index is 0.131. The quantitative estimate of drug-likeness (QED) is 0.766. The lowest BCUT2D eigenvalue weighted by Gasteiger charge is -2.13. The van der Waals surface area contributed by atoms with Crippen molar-refractivity contribution in [3.05, 3.63) is 47.0 Å². The second-order valence-electron chi connectivity index (χ2n) is 4.12. The van der Waals surface area contributed by atoms with Gasteiger partial charge in [-0.3, -0.25) is 4.79 Å². The number of aliphatic carboxylic acids is 1. The van der Waals surface area contributed by atoms with Crippen LogP contribution in [0.2, 0.25) is 0 Å². The van der Waals surface area contributed by atoms with Crippen LogP contribution in [0.5, 0.6) is 0 Å². The molecule has 7 heteroatoms. The number of amides is 1. The first-order chi connectivity index (χ1) is 9.56. The summed E-state index contributed by atoms with van der Waals surface area (Å²) in [5, 5.41) is 13.4. The molecule has 1 atom stereocenters. The second kappa shape index (κ2) is 6.16. The van der Waals surface area contributed by atoms with Crippen molar-refractivity contribution in [1.29, 1.82) is 0 Å². The Labute approximate surface area is 119 Å². The van der Waals surface area contributed by atoms with Crippen LogP contribution in [0, 0.1) is 0 Å². The van der Waals surface area contributed by atoms with Crippen LogP contribution < -0.4 is 11.1 Å². The molecule has 104 valence electrons. The molecule has 1 heterocycles. The number of benzene rings is 1. The fourth-order valence-corrected chi connectivity index (χ4v) is 2.22. The first-order valence-electron chi connectivity index (χ1n) is 5.85. The van der Waals surface area contributed by atoms with Gasteiger partial charge >= 0.3 is 5.97 Å². The SMILES string of the molecule is Nc1nc(C(=O)N[C@H](Cc2ccccc2)C(=O)O)cs1. The molecule has 0 unspecified atom stereocenters. The van der Waals surface area contributed by atoms with Gasteiger partial charge < -0.3 is 16.2 Å². The summed E-state index contributed by atoms with van der Waals surface area (Å²) >= 11 is 1.13. The van der Waals surface area contributed by atoms with Crippen LogP contribution in [-0.4, -0.2) is 28.0 Å². The Balaban J connectivity index is 2.06. The lowest BCUT2D eigenvalue weighted by molar-refractivity contribution is -0.139. The van der Waals surface area contributed by atoms with Gasteiger partial charge in [-0.25, -0.2) is 9.78 Å². The number of rotatable bonds is 5. The molecule has 0 radical (unpaired) electrons. The van der Waals surface area contributed by atoms with Crippen molar-refractivity contribution in [2.45, 2.75) is 12.5 Å². The zero-order valence-electron chi connectivity index (χ0n) is 10.4. The number of hydrogen-bond donors (Lipinski definition) is 3. The Morgan fingerprint density at radius 1 is 1.35 bits per heavy atom. The maximum Gasteiger partial charge on any atom is 0.326 e. The van der Waals surface area contributed by atoms with Gasteiger partial charge in [-0.2, -0.15) is 0 Å². The number of carbonyl (C=O) groups is 2. The molecule has 0 saturated carbocycles. The number of aromatic nitrogens is 1. The molecule has 1 aromatic heterocycles. The average molecular weight is 291 g/mol. The van der Waals surface area contributed by atoms with E-state index in [1.54, 1.807) is 0 Å². The molecule has 2 aromatic rings. The summed E-state index contributed by atoms with van der Waals surface area (Å²) in [5.41, 5.74) is 6.40. The highest BCUT2D eigenvalue weighted by Gasteiger charge is 2.22. The van der Waals surface area contributed by atoms with E-state index >= 15 is 0 Å². The Bertz CT molecular complexity index is 612. The third-order valence-electron chi connectivity index (χ3n) is 2.64. The Morgan fingerprint density at radius 3 is 2.60 bits per heavy atom. The molecule has 0 fully saturated rings. The van der Waals surface area contributed by atoms with E-state index in [1.165, 1.54) is 5.38 Å². The van der Waals surface area contributed by atoms with E-state index in [0.717, 1.165) is 16.9 Å². The first kappa shape index (κ1) is 14.0. The summed E-state index contributed by atoms with van der Waals surface area (Å²) in [6.07, 6.45) is 0.210. The van der Waals surface area contributed by atoms with Gasteiger partial charge in [0.1, 0.15) is 11.7 Å². The number of carboxylic acid groups (broad SMARTS) is 1. The third-order valence-corrected chi connectivity index (χ3v) is 3.31. The first-order valence-corrected chi connectivity index (χ1v) is 6.73. The van der Waals surface area contributed by atoms with Crippen molar-refractivity contribution in [2.24, 2.45) is 0 Å². The number of carbonyl (C=O) groups excluding carboxylic acids is 1. The lowest BCUT2D eigenvalue weighted by Crippen LogP contribution is -2.42. The van der Waals surface area contributed by atoms with E-state index in [0.29, 0.717) is 0 Å². The zero-order chi connectivity index (χ0) is 14.5. The number of nitrogens with one attached hydrogen (secondary N) is 1. The predicted octanol–water partition coefficient (Wildman–Crippen LogP) is 1.15. The van der Waals surface area contributed by atoms with E-state index in [-0.39, 0.29) is 17.2 Å². The minimum Gasteiger partial charge on any atom is -0.480 e. The topological polar surface area (TPSA) is 105 Å². The molecular weight excluding hydrogens is 278 g/mol. The van der Waals surface area contributed by atoms with Gasteiger partial charge in [-0.1, -0.05) is 30.3 Å². The van der Waals surface area contributed by atoms with Crippen LogP contribution in [0.3, 0.4) is 0 Å². The number of hydrogen-bond acceptors (Lipinski definition) is 5. The van der Waals surface area contributed by atoms with Crippen LogP contribution >= 0.6 is 11.3 Å². The van der Waals surface area contributed by atoms with Crippen LogP contribution in [0.15, 0.2) is 35.7 Å². The van der Waals surface area contributed by atoms with E-state index < -0.39 is 17.9 Å². The highest BCUT2D eigenvalue weighted by Crippen LogP contribution is 2.11. The van der Waals surface area contributed by atoms with Crippen molar-refractivity contribution < 1.29 is 14.7 Å². The van der Waals surface area contributed by atoms with Crippen molar-refractivity contribution >= 4 is 28.3 Å². The van der Waals surface area contributed by atoms with Gasteiger partial charge in [0.15, 0.2) is 5.13 Å². The Kier molecular flexibility index (Phi) is 4.31. The van der Waals surface area contributed by atoms with Gasteiger partial charge in [-0.15, -0.1) is 11.3 Å². The molecule has 0 bridgehead atoms. The molecule has 1 aromatic carbocycles. The van der Waals surface area contributed by atoms with Gasteiger partial charge in [0.25, 0.3) is 5.91 Å². The number of nitrogens with zero attached hydrogens (tertiary/aromatic N) is 1. The third kappa shape index (κ3) is 3.55. The van der Waals surface area contributed by atoms with E-state index in [4.69, 9.17) is 5.73 Å². The van der Waals surface area contributed by atoms with Gasteiger partial charge in [0.2, 0.25) is 0 Å². The Morgan fingerprint density at radius 2 is 2.05 bits per heavy atom. The summed E-state index contributed by atoms with van der Waals surface area (Å²) < 4.78 is 0. The van der Waals surface area contributed by atoms with Crippen LogP contribution in [0.4, 0.5) is 5.13 Å². The van der Waals surface area contributed by atoms with E-state index in [2.05, 4.69) is 10.3 Å². The van der Waals surface area contributed by atoms with E-state index in [9.17, 15) is 14.7 Å². The molecule has 0 aliphatic carbocycles. The highest BCUT2D eigenvalue weighted by molar-refractivity contribution is 7.13. The monoisotopic (exact) mass is 291 g/mol. The maximum atomic E-state index is 11.9. The molecular formula is C13H13N3O3S. The molecule has 20 heavy (non-hydrogen) atoms. The number of carboxylic acids is 1. The molecule has 2 rings (SSSR count). The standard InChI is InChI=1S/C13H13N3O3S/c14-13-16-10(7-20-13)11(17)15-9(12(18)19)6-8-4-2-1-3-5-8/h1-5,7,9H,6H2,(H2,14,16)(H,15,17)(H,18,19)/t9-/m1/s1. The van der Waals surface area contributed by atoms with Gasteiger partial charge in [0.05, 0.1) is 0 Å². The van der Waals surface area contributed by atoms with Crippen molar-refractivity contribution in [3.8, 4) is 0 Å². The second-order valence-corrected chi connectivity index (χ2v) is 5.01. The number of thiazole rings is 1. The Hall–Kier alpha value is -2.41. The fourth-order valence-electron chi connectivity index (χ4n) is 1.67. The molecule has 0 aliphatic heterocycles. The molecule has 0 aliphatic rings. The smallest absolute Gasteiger partial charge is 0.326 e. The van der Waals surface area contributed by atoms with Gasteiger partial charge in [-0.05, 0) is 5.56 Å². The van der Waals surface area contributed by atoms with Crippen molar-refractivity contribution in [3.63, 3.8) is 0 Å². The zero-order valence-corrected chi connectivity index (χ0v) is 11.3. The largest absolute Gasteiger partial charge is 0.480 e. The van der Waals surface area contributed by atoms with Crippen LogP contribution in [-0.2, 0) is 11.2 Å². The summed E-state index contributed by atoms with van der Waals surface area (Å²) in [5.74, 6) is -1.63. The molecule has 1 amide bonds. The minimum atomic E-state index is -1.09. The fraction of sp³-hybridized carbons (Fsp3) is 0.154.